The van der Waals surface area contributed by atoms with Gasteiger partial charge in [0.2, 0.25) is 0 Å². The van der Waals surface area contributed by atoms with Crippen molar-refractivity contribution < 1.29 is 0 Å². The van der Waals surface area contributed by atoms with Crippen molar-refractivity contribution in [3.63, 3.8) is 0 Å². The Morgan fingerprint density at radius 3 is 2.86 bits per heavy atom. The van der Waals surface area contributed by atoms with Crippen molar-refractivity contribution in [3.05, 3.63) is 65.9 Å². The molecule has 146 valence electrons. The molecule has 0 spiro atoms. The molecule has 0 radical (unpaired) electrons. The topological polar surface area (TPSA) is 58.9 Å². The van der Waals surface area contributed by atoms with Crippen molar-refractivity contribution >= 4 is 11.5 Å². The van der Waals surface area contributed by atoms with Crippen molar-refractivity contribution in [1.29, 1.82) is 0 Å². The van der Waals surface area contributed by atoms with Gasteiger partial charge in [0.15, 0.2) is 0 Å². The van der Waals surface area contributed by atoms with E-state index in [1.165, 1.54) is 24.1 Å². The molecule has 3 aromatic heterocycles. The highest BCUT2D eigenvalue weighted by Gasteiger charge is 2.22. The minimum absolute atomic E-state index is 0.487. The van der Waals surface area contributed by atoms with Gasteiger partial charge < -0.3 is 5.32 Å². The number of likely N-dealkylation sites (tertiary alicyclic amines) is 1. The molecule has 1 fully saturated rings. The van der Waals surface area contributed by atoms with Crippen LogP contribution in [-0.4, -0.2) is 37.7 Å². The van der Waals surface area contributed by atoms with E-state index in [-0.39, 0.29) is 0 Å². The highest BCUT2D eigenvalue weighted by Crippen LogP contribution is 2.27. The summed E-state index contributed by atoms with van der Waals surface area (Å²) in [4.78, 5) is 11.8. The first kappa shape index (κ1) is 18.6. The molecule has 3 aromatic rings. The van der Waals surface area contributed by atoms with Gasteiger partial charge in [0.05, 0.1) is 18.1 Å². The second-order valence-corrected chi connectivity index (χ2v) is 7.54. The summed E-state index contributed by atoms with van der Waals surface area (Å²) < 4.78 is 1.99. The van der Waals surface area contributed by atoms with Crippen molar-refractivity contribution in [2.45, 2.75) is 45.7 Å². The zero-order valence-corrected chi connectivity index (χ0v) is 16.7. The maximum Gasteiger partial charge on any atom is 0.130 e. The van der Waals surface area contributed by atoms with E-state index in [1.807, 2.05) is 42.2 Å². The highest BCUT2D eigenvalue weighted by atomic mass is 15.3. The molecule has 0 amide bonds. The van der Waals surface area contributed by atoms with E-state index < -0.39 is 0 Å². The summed E-state index contributed by atoms with van der Waals surface area (Å²) in [5, 5.41) is 7.72. The second-order valence-electron chi connectivity index (χ2n) is 7.54. The Kier molecular flexibility index (Phi) is 5.67. The predicted octanol–water partition coefficient (Wildman–Crippen LogP) is 4.12. The molecule has 0 aromatic carbocycles. The molecular weight excluding hydrogens is 348 g/mol. The van der Waals surface area contributed by atoms with E-state index in [9.17, 15) is 0 Å². The van der Waals surface area contributed by atoms with Gasteiger partial charge in [0.25, 0.3) is 0 Å². The molecule has 1 aliphatic heterocycles. The number of hydrogen-bond donors (Lipinski definition) is 1. The van der Waals surface area contributed by atoms with E-state index in [4.69, 9.17) is 4.98 Å². The van der Waals surface area contributed by atoms with E-state index >= 15 is 0 Å². The molecule has 1 saturated heterocycles. The van der Waals surface area contributed by atoms with Crippen LogP contribution in [-0.2, 0) is 13.1 Å². The smallest absolute Gasteiger partial charge is 0.130 e. The molecule has 6 nitrogen and oxygen atoms in total. The summed E-state index contributed by atoms with van der Waals surface area (Å²) >= 11 is 0. The van der Waals surface area contributed by atoms with Crippen LogP contribution in [0.5, 0.6) is 0 Å². The van der Waals surface area contributed by atoms with Gasteiger partial charge >= 0.3 is 0 Å². The maximum absolute atomic E-state index is 4.75. The minimum atomic E-state index is 0.487. The summed E-state index contributed by atoms with van der Waals surface area (Å²) in [6.45, 7) is 8.20. The first-order valence-electron chi connectivity index (χ1n) is 10.1. The molecule has 4 rings (SSSR count). The fraction of sp³-hybridized carbons (Fsp3) is 0.409. The minimum Gasteiger partial charge on any atom is -0.339 e. The number of pyridine rings is 2. The van der Waals surface area contributed by atoms with Crippen molar-refractivity contribution in [2.75, 3.05) is 18.4 Å². The van der Waals surface area contributed by atoms with Crippen LogP contribution < -0.4 is 5.32 Å². The number of rotatable bonds is 6. The van der Waals surface area contributed by atoms with Gasteiger partial charge in [-0.2, -0.15) is 5.10 Å². The Morgan fingerprint density at radius 1 is 1.18 bits per heavy atom. The normalized spacial score (nSPS) is 17.6. The van der Waals surface area contributed by atoms with Gasteiger partial charge in [-0.1, -0.05) is 6.07 Å². The van der Waals surface area contributed by atoms with Gasteiger partial charge in [-0.15, -0.1) is 0 Å². The number of nitrogens with zero attached hydrogens (tertiary/aromatic N) is 5. The Hall–Kier alpha value is -2.73. The lowest BCUT2D eigenvalue weighted by Crippen LogP contribution is -2.34. The standard InChI is InChI=1S/C22H28N6/c1-3-28-15-18(12-24-28)14-27-11-5-7-19(16-27)21-10-9-20(13-23-21)26-22-8-4-6-17(2)25-22/h4,6,8-10,12-13,15,19H,3,5,7,11,14,16H2,1-2H3,(H,25,26). The summed E-state index contributed by atoms with van der Waals surface area (Å²) in [5.41, 5.74) is 4.44. The van der Waals surface area contributed by atoms with Gasteiger partial charge in [0.1, 0.15) is 5.82 Å². The zero-order chi connectivity index (χ0) is 19.3. The zero-order valence-electron chi connectivity index (χ0n) is 16.7. The van der Waals surface area contributed by atoms with Crippen LogP contribution in [0.25, 0.3) is 0 Å². The molecule has 1 unspecified atom stereocenters. The maximum atomic E-state index is 4.75. The fourth-order valence-corrected chi connectivity index (χ4v) is 3.84. The lowest BCUT2D eigenvalue weighted by molar-refractivity contribution is 0.198. The predicted molar refractivity (Wildman–Crippen MR) is 112 cm³/mol. The monoisotopic (exact) mass is 376 g/mol. The third-order valence-corrected chi connectivity index (χ3v) is 5.29. The number of piperidine rings is 1. The van der Waals surface area contributed by atoms with Crippen LogP contribution >= 0.6 is 0 Å². The fourth-order valence-electron chi connectivity index (χ4n) is 3.84. The third-order valence-electron chi connectivity index (χ3n) is 5.29. The first-order chi connectivity index (χ1) is 13.7. The summed E-state index contributed by atoms with van der Waals surface area (Å²) in [7, 11) is 0. The van der Waals surface area contributed by atoms with Crippen molar-refractivity contribution in [1.82, 2.24) is 24.6 Å². The Balaban J connectivity index is 1.38. The summed E-state index contributed by atoms with van der Waals surface area (Å²) in [5.74, 6) is 1.34. The van der Waals surface area contributed by atoms with Crippen LogP contribution in [0.4, 0.5) is 11.5 Å². The molecular formula is C22H28N6. The van der Waals surface area contributed by atoms with Crippen LogP contribution in [0, 0.1) is 6.92 Å². The molecule has 0 saturated carbocycles. The van der Waals surface area contributed by atoms with Crippen LogP contribution in [0.15, 0.2) is 48.9 Å². The quantitative estimate of drug-likeness (QED) is 0.701. The third kappa shape index (κ3) is 4.57. The van der Waals surface area contributed by atoms with E-state index in [1.54, 1.807) is 0 Å². The number of anilines is 2. The number of aryl methyl sites for hydroxylation is 2. The largest absolute Gasteiger partial charge is 0.339 e. The number of hydrogen-bond acceptors (Lipinski definition) is 5. The molecule has 6 heteroatoms. The molecule has 0 bridgehead atoms. The SMILES string of the molecule is CCn1cc(CN2CCCC(c3ccc(Nc4cccc(C)n4)cn3)C2)cn1. The molecule has 1 atom stereocenters. The molecule has 28 heavy (non-hydrogen) atoms. The molecule has 4 heterocycles. The lowest BCUT2D eigenvalue weighted by Gasteiger charge is -2.32. The lowest BCUT2D eigenvalue weighted by atomic mass is 9.94. The Morgan fingerprint density at radius 2 is 2.11 bits per heavy atom. The van der Waals surface area contributed by atoms with E-state index in [0.29, 0.717) is 5.92 Å². The first-order valence-corrected chi connectivity index (χ1v) is 10.1. The average molecular weight is 377 g/mol. The molecule has 1 N–H and O–H groups in total. The Bertz CT molecular complexity index is 901. The van der Waals surface area contributed by atoms with Gasteiger partial charge in [-0.05, 0) is 57.5 Å². The average Bonchev–Trinajstić information content (AvgIpc) is 3.16. The molecule has 1 aliphatic rings. The van der Waals surface area contributed by atoms with Crippen LogP contribution in [0.3, 0.4) is 0 Å². The Labute approximate surface area is 166 Å². The number of nitrogens with one attached hydrogen (secondary N) is 1. The van der Waals surface area contributed by atoms with Crippen LogP contribution in [0.1, 0.15) is 42.6 Å². The van der Waals surface area contributed by atoms with Gasteiger partial charge in [-0.3, -0.25) is 14.6 Å². The summed E-state index contributed by atoms with van der Waals surface area (Å²) in [6.07, 6.45) is 8.47. The van der Waals surface area contributed by atoms with Crippen LogP contribution in [0.2, 0.25) is 0 Å². The highest BCUT2D eigenvalue weighted by molar-refractivity contribution is 5.55. The number of aromatic nitrogens is 4. The van der Waals surface area contributed by atoms with E-state index in [2.05, 4.69) is 45.6 Å². The molecule has 0 aliphatic carbocycles. The van der Waals surface area contributed by atoms with Crippen molar-refractivity contribution in [2.24, 2.45) is 0 Å². The summed E-state index contributed by atoms with van der Waals surface area (Å²) in [6, 6.07) is 10.2. The van der Waals surface area contributed by atoms with Crippen molar-refractivity contribution in [3.8, 4) is 0 Å². The second kappa shape index (κ2) is 8.52. The van der Waals surface area contributed by atoms with Gasteiger partial charge in [0, 0.05) is 48.7 Å². The van der Waals surface area contributed by atoms with Gasteiger partial charge in [-0.25, -0.2) is 4.98 Å². The van der Waals surface area contributed by atoms with E-state index in [0.717, 1.165) is 43.4 Å².